The predicted molar refractivity (Wildman–Crippen MR) is 375 cm³/mol. The minimum absolute atomic E-state index is 0.0385. The fraction of sp³-hybridized carbons (Fsp3) is 0.408. The Morgan fingerprint density at radius 2 is 1.16 bits per heavy atom. The van der Waals surface area contributed by atoms with Crippen molar-refractivity contribution in [1.82, 2.24) is 9.97 Å². The van der Waals surface area contributed by atoms with Crippen molar-refractivity contribution in [2.75, 3.05) is 65.0 Å². The highest BCUT2D eigenvalue weighted by Crippen LogP contribution is 2.42. The van der Waals surface area contributed by atoms with Crippen LogP contribution in [0.1, 0.15) is 131 Å². The summed E-state index contributed by atoms with van der Waals surface area (Å²) in [5, 5.41) is 14.2. The van der Waals surface area contributed by atoms with Crippen LogP contribution in [0.4, 0.5) is 27.6 Å². The highest BCUT2D eigenvalue weighted by atomic mass is 35.5. The molecule has 0 bridgehead atoms. The zero-order chi connectivity index (χ0) is 78.8. The van der Waals surface area contributed by atoms with E-state index < -0.39 is 129 Å². The van der Waals surface area contributed by atoms with Gasteiger partial charge in [-0.25, -0.2) is 30.0 Å². The Morgan fingerprint density at radius 3 is 1.58 bits per heavy atom. The molecule has 1 saturated heterocycles. The fourth-order valence-electron chi connectivity index (χ4n) is 11.6. The van der Waals surface area contributed by atoms with Crippen molar-refractivity contribution < 1.29 is 124 Å². The number of aliphatic hydroxyl groups is 1. The number of hydrogen-bond acceptors (Lipinski definition) is 25. The van der Waals surface area contributed by atoms with Gasteiger partial charge in [0, 0.05) is 96.4 Å². The van der Waals surface area contributed by atoms with Crippen molar-refractivity contribution in [3.05, 3.63) is 170 Å². The summed E-state index contributed by atoms with van der Waals surface area (Å²) < 4.78 is 172. The number of esters is 1. The second-order valence-corrected chi connectivity index (χ2v) is 30.7. The van der Waals surface area contributed by atoms with Gasteiger partial charge in [-0.1, -0.05) is 107 Å². The van der Waals surface area contributed by atoms with Gasteiger partial charge in [-0.15, -0.1) is 0 Å². The molecular formula is C71H75Cl2F5N4O22S3. The number of anilines is 1. The van der Waals surface area contributed by atoms with E-state index >= 15 is 0 Å². The SMILES string of the molecule is CCOC(=O)C1=NOC(c2ccccc2)(c2ccccc2)C1.COCc1cccc(C(O)c2nc(OC)cc(OC)n2)c1NS(=O)(=O)C(F)F.CS(=O)(=O)c1ccc(C(=O)C2C(=O)CCCC2=O)c(Cl)c1COCC(F)(F)F.CS(=O)(=O)c1ccc(C(=O)C2C(=O)CCCC2=O)c(Cl)c1COCC1CCCO1. The van der Waals surface area contributed by atoms with Gasteiger partial charge >= 0.3 is 17.9 Å². The van der Waals surface area contributed by atoms with E-state index in [1.165, 1.54) is 57.7 Å². The largest absolute Gasteiger partial charge is 0.481 e. The second kappa shape index (κ2) is 38.0. The van der Waals surface area contributed by atoms with E-state index in [4.69, 9.17) is 56.5 Å². The standard InChI is InChI=1S/C20H23ClO7S.C18H17NO3.C17H16ClF3O6S.C16H19F2N3O6S/c1-29(25,26)17-8-7-13(20(24)18-15(22)5-2-6-16(18)23)19(21)14(17)11-27-10-12-4-3-9-28-12;1-2-21-17(20)16-13-18(22-19-16,14-9-5-3-6-10-14)15-11-7-4-8-12-15;1-28(25,26)13-6-5-9(15(18)10(13)7-27-8-17(19,20)21)16(24)14-11(22)3-2-4-12(14)23;1-25-8-9-5-4-6-10(13(9)21-28(23,24)16(17)18)14(22)15-19-11(26-2)7-12(20-15)27-3/h7-8,12,18H,2-6,9-11H2,1H3;3-12H,2,13H2,1H3;5-6,14H,2-4,7-8H2,1H3;4-7,14,16,21-22H,8H2,1-3H3. The van der Waals surface area contributed by atoms with Gasteiger partial charge in [0.25, 0.3) is 10.0 Å². The van der Waals surface area contributed by atoms with Crippen molar-refractivity contribution in [3.63, 3.8) is 0 Å². The number of ketones is 6. The second-order valence-electron chi connectivity index (χ2n) is 24.3. The number of para-hydroxylation sites is 1. The molecule has 2 N–H and O–H groups in total. The molecule has 5 aromatic carbocycles. The Bertz CT molecular complexity index is 4540. The zero-order valence-electron chi connectivity index (χ0n) is 58.3. The summed E-state index contributed by atoms with van der Waals surface area (Å²) in [5.74, 6) is -10.6. The molecule has 6 aromatic rings. The minimum Gasteiger partial charge on any atom is -0.481 e. The number of sulfone groups is 2. The topological polar surface area (TPSA) is 366 Å². The number of nitrogens with zero attached hydrogens (tertiary/aromatic N) is 3. The molecule has 36 heteroatoms. The maximum absolute atomic E-state index is 12.9. The third kappa shape index (κ3) is 22.3. The molecule has 0 radical (unpaired) electrons. The van der Waals surface area contributed by atoms with Crippen LogP contribution in [0, 0.1) is 11.8 Å². The average Bonchev–Trinajstić information content (AvgIpc) is 1.06. The van der Waals surface area contributed by atoms with Gasteiger partial charge in [0.15, 0.2) is 71.5 Å². The maximum atomic E-state index is 12.9. The Morgan fingerprint density at radius 1 is 0.673 bits per heavy atom. The van der Waals surface area contributed by atoms with Crippen LogP contribution in [-0.4, -0.2) is 165 Å². The molecule has 0 amide bonds. The molecule has 26 nitrogen and oxygen atoms in total. The fourth-order valence-corrected chi connectivity index (χ4v) is 14.8. The molecule has 578 valence electrons. The lowest BCUT2D eigenvalue weighted by molar-refractivity contribution is -0.176. The number of ether oxygens (including phenoxy) is 7. The number of methoxy groups -OCH3 is 3. The number of alkyl halides is 5. The molecule has 4 aliphatic rings. The van der Waals surface area contributed by atoms with Gasteiger partial charge in [0.2, 0.25) is 11.8 Å². The Labute approximate surface area is 622 Å². The number of sulfonamides is 1. The Kier molecular flexibility index (Phi) is 30.4. The van der Waals surface area contributed by atoms with Gasteiger partial charge in [0.1, 0.15) is 24.5 Å². The number of benzene rings is 5. The molecule has 2 aliphatic heterocycles. The summed E-state index contributed by atoms with van der Waals surface area (Å²) in [6.45, 7) is 0.336. The summed E-state index contributed by atoms with van der Waals surface area (Å²) in [6, 6.07) is 29.9. The van der Waals surface area contributed by atoms with Crippen molar-refractivity contribution in [2.24, 2.45) is 17.0 Å². The molecule has 2 unspecified atom stereocenters. The molecule has 3 fully saturated rings. The summed E-state index contributed by atoms with van der Waals surface area (Å²) in [5.41, 5.74) is 0.864. The molecule has 107 heavy (non-hydrogen) atoms. The number of halogens is 7. The molecule has 10 rings (SSSR count). The van der Waals surface area contributed by atoms with E-state index in [0.29, 0.717) is 38.2 Å². The van der Waals surface area contributed by atoms with E-state index in [-0.39, 0.29) is 118 Å². The van der Waals surface area contributed by atoms with Gasteiger partial charge < -0.3 is 43.1 Å². The molecule has 1 aromatic heterocycles. The van der Waals surface area contributed by atoms with Crippen molar-refractivity contribution in [3.8, 4) is 11.8 Å². The number of hydrogen-bond donors (Lipinski definition) is 2. The quantitative estimate of drug-likeness (QED) is 0.0220. The maximum Gasteiger partial charge on any atom is 0.411 e. The predicted octanol–water partition coefficient (Wildman–Crippen LogP) is 10.5. The van der Waals surface area contributed by atoms with Crippen molar-refractivity contribution in [1.29, 1.82) is 0 Å². The lowest BCUT2D eigenvalue weighted by atomic mass is 9.81. The number of Topliss-reactive ketones (excluding diaryl/α,β-unsaturated/α-hetero) is 6. The van der Waals surface area contributed by atoms with Crippen LogP contribution in [0.25, 0.3) is 0 Å². The van der Waals surface area contributed by atoms with Gasteiger partial charge in [-0.3, -0.25) is 33.5 Å². The number of oxime groups is 1. The molecule has 0 spiro atoms. The van der Waals surface area contributed by atoms with Gasteiger partial charge in [-0.2, -0.15) is 31.9 Å². The summed E-state index contributed by atoms with van der Waals surface area (Å²) in [7, 11) is -8.49. The number of rotatable bonds is 26. The lowest BCUT2D eigenvalue weighted by Crippen LogP contribution is -2.35. The number of nitrogens with one attached hydrogen (secondary N) is 1. The first-order valence-electron chi connectivity index (χ1n) is 32.7. The average molecular weight is 1600 g/mol. The smallest absolute Gasteiger partial charge is 0.411 e. The first-order valence-corrected chi connectivity index (χ1v) is 38.7. The molecular weight excluding hydrogens is 1520 g/mol. The van der Waals surface area contributed by atoms with E-state index in [1.807, 2.05) is 65.4 Å². The van der Waals surface area contributed by atoms with Crippen LogP contribution in [0.3, 0.4) is 0 Å². The Hall–Kier alpha value is -8.58. The number of aromatic nitrogens is 2. The van der Waals surface area contributed by atoms with Crippen LogP contribution in [0.2, 0.25) is 10.0 Å². The highest BCUT2D eigenvalue weighted by molar-refractivity contribution is 7.93. The van der Waals surface area contributed by atoms with Crippen LogP contribution < -0.4 is 14.2 Å². The van der Waals surface area contributed by atoms with Gasteiger partial charge in [-0.05, 0) is 56.9 Å². The summed E-state index contributed by atoms with van der Waals surface area (Å²) >= 11 is 12.5. The third-order valence-electron chi connectivity index (χ3n) is 16.7. The summed E-state index contributed by atoms with van der Waals surface area (Å²) in [6.07, 6.45) is -1.07. The number of aliphatic hydroxyl groups excluding tert-OH is 1. The number of carbonyl (C=O) groups excluding carboxylic acids is 7. The first kappa shape index (κ1) is 85.7. The monoisotopic (exact) mass is 1600 g/mol. The van der Waals surface area contributed by atoms with Crippen LogP contribution >= 0.6 is 23.2 Å². The molecule has 2 aliphatic carbocycles. The zero-order valence-corrected chi connectivity index (χ0v) is 62.3. The lowest BCUT2D eigenvalue weighted by Gasteiger charge is -2.27. The van der Waals surface area contributed by atoms with E-state index in [0.717, 1.165) is 48.6 Å². The van der Waals surface area contributed by atoms with E-state index in [1.54, 1.807) is 6.92 Å². The third-order valence-corrected chi connectivity index (χ3v) is 20.8. The van der Waals surface area contributed by atoms with E-state index in [9.17, 15) is 85.9 Å². The normalized spacial score (nSPS) is 16.6. The minimum atomic E-state index is -5.00. The van der Waals surface area contributed by atoms with Crippen molar-refractivity contribution in [2.45, 2.75) is 124 Å². The molecule has 3 heterocycles. The first-order chi connectivity index (χ1) is 50.5. The highest BCUT2D eigenvalue weighted by Gasteiger charge is 2.46. The van der Waals surface area contributed by atoms with Gasteiger partial charge in [0.05, 0.1) is 91.4 Å². The molecule has 2 saturated carbocycles. The summed E-state index contributed by atoms with van der Waals surface area (Å²) in [4.78, 5) is 99.2. The van der Waals surface area contributed by atoms with E-state index in [2.05, 4.69) is 19.9 Å². The van der Waals surface area contributed by atoms with Crippen LogP contribution in [-0.2, 0) is 108 Å². The molecule has 2 atom stereocenters. The van der Waals surface area contributed by atoms with Crippen LogP contribution in [0.15, 0.2) is 124 Å². The number of carbonyl (C=O) groups is 7. The van der Waals surface area contributed by atoms with Crippen molar-refractivity contribution >= 4 is 105 Å². The Balaban J connectivity index is 0.000000200. The van der Waals surface area contributed by atoms with Crippen LogP contribution in [0.5, 0.6) is 11.8 Å².